The fourth-order valence-electron chi connectivity index (χ4n) is 0.878. The number of hydrogen-bond donors (Lipinski definition) is 2. The van der Waals surface area contributed by atoms with Gasteiger partial charge in [0.2, 0.25) is 0 Å². The Balaban J connectivity index is 3.10. The van der Waals surface area contributed by atoms with Crippen LogP contribution < -0.4 is 9.72 Å². The number of rotatable bonds is 2. The molecule has 0 aromatic rings. The first-order valence-electron chi connectivity index (χ1n) is 3.34. The van der Waals surface area contributed by atoms with Gasteiger partial charge in [0.25, 0.3) is 0 Å². The van der Waals surface area contributed by atoms with Crippen LogP contribution in [0.3, 0.4) is 0 Å². The van der Waals surface area contributed by atoms with E-state index in [1.54, 1.807) is 22.8 Å². The van der Waals surface area contributed by atoms with Crippen LogP contribution >= 0.6 is 85.9 Å². The molecule has 14 heavy (non-hydrogen) atoms. The molecule has 0 aliphatic carbocycles. The number of halogens is 4. The Bertz CT molecular complexity index is 277. The predicted molar refractivity (Wildman–Crippen MR) is 82.7 cm³/mol. The molecule has 0 radical (unpaired) electrons. The van der Waals surface area contributed by atoms with E-state index >= 15 is 0 Å². The Kier molecular flexibility index (Phi) is 5.59. The average Bonchev–Trinajstić information content (AvgIpc) is 1.98. The van der Waals surface area contributed by atoms with Gasteiger partial charge < -0.3 is 0 Å². The van der Waals surface area contributed by atoms with Crippen LogP contribution in [0.25, 0.3) is 0 Å². The van der Waals surface area contributed by atoms with Crippen LogP contribution in [0, 0.1) is 0 Å². The third kappa shape index (κ3) is 3.96. The molecule has 0 aromatic carbocycles. The number of nitrogens with zero attached hydrogens (tertiary/aromatic N) is 1. The van der Waals surface area contributed by atoms with Gasteiger partial charge in [0, 0.05) is 0 Å². The molecule has 1 aliphatic heterocycles. The molecule has 0 fully saturated rings. The molecule has 0 amide bonds. The van der Waals surface area contributed by atoms with Crippen LogP contribution in [-0.4, -0.2) is 12.5 Å². The van der Waals surface area contributed by atoms with Crippen molar-refractivity contribution >= 4 is 85.9 Å². The van der Waals surface area contributed by atoms with E-state index in [1.807, 2.05) is 12.5 Å². The van der Waals surface area contributed by atoms with E-state index in [1.165, 1.54) is 0 Å². The molecule has 0 bridgehead atoms. The van der Waals surface area contributed by atoms with Gasteiger partial charge in [0.15, 0.2) is 0 Å². The van der Waals surface area contributed by atoms with Crippen molar-refractivity contribution < 1.29 is 0 Å². The molecule has 88 valence electrons. The second kappa shape index (κ2) is 5.24. The molecular formula is C2H10Cl4N3P3S2. The van der Waals surface area contributed by atoms with Crippen LogP contribution in [0.1, 0.15) is 0 Å². The zero-order chi connectivity index (χ0) is 11.0. The van der Waals surface area contributed by atoms with Crippen molar-refractivity contribution in [1.29, 1.82) is 0 Å². The van der Waals surface area contributed by atoms with Crippen LogP contribution in [-0.2, 0) is 0 Å². The van der Waals surface area contributed by atoms with E-state index in [9.17, 15) is 0 Å². The zero-order valence-electron chi connectivity index (χ0n) is 7.22. The van der Waals surface area contributed by atoms with Gasteiger partial charge in [-0.3, -0.25) is 0 Å². The molecule has 0 unspecified atom stereocenters. The third-order valence-electron chi connectivity index (χ3n) is 1.40. The van der Waals surface area contributed by atoms with Crippen molar-refractivity contribution in [3.05, 3.63) is 0 Å². The Morgan fingerprint density at radius 2 is 1.71 bits per heavy atom. The molecule has 1 heterocycles. The molecule has 3 nitrogen and oxygen atoms in total. The third-order valence-corrected chi connectivity index (χ3v) is 25.0. The fourth-order valence-corrected chi connectivity index (χ4v) is 33.2. The van der Waals surface area contributed by atoms with E-state index in [4.69, 9.17) is 45.0 Å². The summed E-state index contributed by atoms with van der Waals surface area (Å²) in [6.45, 7) is 0. The molecule has 12 heteroatoms. The van der Waals surface area contributed by atoms with Gasteiger partial charge in [-0.05, 0) is 0 Å². The van der Waals surface area contributed by atoms with Crippen LogP contribution in [0.15, 0.2) is 4.52 Å². The van der Waals surface area contributed by atoms with Gasteiger partial charge in [-0.2, -0.15) is 0 Å². The minimum atomic E-state index is -2.75. The Labute approximate surface area is 112 Å². The molecule has 0 saturated carbocycles. The first-order valence-corrected chi connectivity index (χ1v) is 16.8. The van der Waals surface area contributed by atoms with E-state index in [0.717, 1.165) is 0 Å². The normalized spacial score (nSPS) is 32.7. The summed E-state index contributed by atoms with van der Waals surface area (Å²) in [5, 5.41) is 0. The predicted octanol–water partition coefficient (Wildman–Crippen LogP) is 5.63. The summed E-state index contributed by atoms with van der Waals surface area (Å²) in [7, 11) is 0. The van der Waals surface area contributed by atoms with Crippen molar-refractivity contribution in [1.82, 2.24) is 9.72 Å². The van der Waals surface area contributed by atoms with E-state index in [0.29, 0.717) is 0 Å². The van der Waals surface area contributed by atoms with Crippen LogP contribution in [0.2, 0.25) is 0 Å². The molecule has 1 rings (SSSR count). The summed E-state index contributed by atoms with van der Waals surface area (Å²) >= 11 is 27.4. The minimum absolute atomic E-state index is 1.61. The zero-order valence-corrected chi connectivity index (χ0v) is 14.8. The van der Waals surface area contributed by atoms with Gasteiger partial charge in [0.05, 0.1) is 0 Å². The maximum atomic E-state index is 6.09. The van der Waals surface area contributed by atoms with Gasteiger partial charge in [-0.15, -0.1) is 0 Å². The summed E-state index contributed by atoms with van der Waals surface area (Å²) in [6, 6.07) is 0. The van der Waals surface area contributed by atoms with Crippen molar-refractivity contribution in [3.8, 4) is 0 Å². The van der Waals surface area contributed by atoms with Crippen molar-refractivity contribution in [2.75, 3.05) is 12.5 Å². The molecule has 0 spiro atoms. The monoisotopic (exact) mass is 373 g/mol. The average molecular weight is 375 g/mol. The quantitative estimate of drug-likeness (QED) is 0.614. The van der Waals surface area contributed by atoms with E-state index in [-0.39, 0.29) is 0 Å². The second-order valence-corrected chi connectivity index (χ2v) is 23.4. The van der Waals surface area contributed by atoms with Gasteiger partial charge in [0.1, 0.15) is 0 Å². The first-order chi connectivity index (χ1) is 6.24. The van der Waals surface area contributed by atoms with Crippen LogP contribution in [0.5, 0.6) is 0 Å². The molecule has 0 aromatic heterocycles. The summed E-state index contributed by atoms with van der Waals surface area (Å²) in [4.78, 5) is 5.97. The Hall–Kier alpha value is 2.87. The van der Waals surface area contributed by atoms with Gasteiger partial charge in [-0.1, -0.05) is 0 Å². The van der Waals surface area contributed by atoms with Crippen LogP contribution in [0.4, 0.5) is 0 Å². The molecule has 1 aliphatic rings. The molecule has 0 saturated heterocycles. The van der Waals surface area contributed by atoms with Gasteiger partial charge in [-0.25, -0.2) is 0 Å². The summed E-state index contributed by atoms with van der Waals surface area (Å²) in [5.41, 5.74) is 0. The standard InChI is InChI=1S/C2H10Cl4N3P3S2/c1-13-12(14-2)8-10(3,4)7-11(5,6)9-12/h7-8,10,12H,1-2H3. The van der Waals surface area contributed by atoms with Crippen molar-refractivity contribution in [2.24, 2.45) is 4.52 Å². The summed E-state index contributed by atoms with van der Waals surface area (Å²) < 4.78 is 4.43. The number of nitrogens with one attached hydrogen (secondary N) is 2. The van der Waals surface area contributed by atoms with Crippen molar-refractivity contribution in [2.45, 2.75) is 0 Å². The molecule has 0 atom stereocenters. The Morgan fingerprint density at radius 3 is 2.07 bits per heavy atom. The fraction of sp³-hybridized carbons (Fsp3) is 1.00. The number of hydrogen-bond acceptors (Lipinski definition) is 5. The summed E-state index contributed by atoms with van der Waals surface area (Å²) in [6.07, 6.45) is 1.16. The molecule has 2 N–H and O–H groups in total. The van der Waals surface area contributed by atoms with E-state index in [2.05, 4.69) is 14.2 Å². The summed E-state index contributed by atoms with van der Waals surface area (Å²) in [5.74, 6) is -4.71. The first kappa shape index (κ1) is 14.9. The topological polar surface area (TPSA) is 36.4 Å². The Morgan fingerprint density at radius 1 is 1.21 bits per heavy atom. The second-order valence-electron chi connectivity index (χ2n) is 2.39. The van der Waals surface area contributed by atoms with E-state index < -0.39 is 18.1 Å². The van der Waals surface area contributed by atoms with Gasteiger partial charge >= 0.3 is 113 Å². The molecular weight excluding hydrogens is 365 g/mol. The maximum absolute atomic E-state index is 6.09. The van der Waals surface area contributed by atoms with Crippen molar-refractivity contribution in [3.63, 3.8) is 0 Å². The SMILES string of the molecule is CS[PH]1(SC)N=P(Cl)(Cl)N[PH](Cl)(Cl)N1.